The molecule has 1 aromatic carbocycles. The van der Waals surface area contributed by atoms with E-state index in [0.29, 0.717) is 11.3 Å². The van der Waals surface area contributed by atoms with Crippen molar-refractivity contribution >= 4 is 23.3 Å². The molecule has 4 nitrogen and oxygen atoms in total. The third kappa shape index (κ3) is 19.8. The van der Waals surface area contributed by atoms with Gasteiger partial charge >= 0.3 is 0 Å². The Balaban J connectivity index is 0.000000334. The smallest absolute Gasteiger partial charge is 0.124 e. The van der Waals surface area contributed by atoms with Gasteiger partial charge in [-0.25, -0.2) is 8.42 Å². The maximum Gasteiger partial charge on any atom is 0.124 e. The van der Waals surface area contributed by atoms with Crippen LogP contribution in [-0.4, -0.2) is 43.9 Å². The molecule has 1 N–H and O–H groups in total. The molecule has 0 aromatic heterocycles. The van der Waals surface area contributed by atoms with E-state index >= 15 is 0 Å². The van der Waals surface area contributed by atoms with Crippen LogP contribution >= 0.6 is 7.92 Å². The van der Waals surface area contributed by atoms with Crippen LogP contribution in [0.4, 0.5) is 0 Å². The van der Waals surface area contributed by atoms with Gasteiger partial charge in [0.1, 0.15) is 10.1 Å². The van der Waals surface area contributed by atoms with E-state index in [9.17, 15) is 13.0 Å². The number of nitrogens with one attached hydrogen (secondary N) is 1. The highest BCUT2D eigenvalue weighted by atomic mass is 32.2. The third-order valence-corrected chi connectivity index (χ3v) is 15.3. The summed E-state index contributed by atoms with van der Waals surface area (Å²) < 4.78 is 34.2. The minimum Gasteiger partial charge on any atom is -0.744 e. The maximum absolute atomic E-state index is 11.4. The molecule has 0 unspecified atom stereocenters. The molecule has 6 heteroatoms. The topological polar surface area (TPSA) is 61.6 Å². The first-order valence-corrected chi connectivity index (χ1v) is 24.0. The summed E-state index contributed by atoms with van der Waals surface area (Å²) in [5, 5.41) is 1.15. The molecule has 0 amide bonds. The van der Waals surface area contributed by atoms with Gasteiger partial charge < -0.3 is 9.45 Å². The van der Waals surface area contributed by atoms with E-state index in [1.165, 1.54) is 205 Å². The number of quaternary nitrogens is 1. The first-order valence-electron chi connectivity index (χ1n) is 21.1. The van der Waals surface area contributed by atoms with E-state index in [1.807, 2.05) is 4.90 Å². The van der Waals surface area contributed by atoms with Crippen molar-refractivity contribution in [3.05, 3.63) is 24.3 Å². The molecule has 2 saturated carbocycles. The molecule has 2 aliphatic carbocycles. The van der Waals surface area contributed by atoms with Crippen LogP contribution in [0.5, 0.6) is 0 Å². The van der Waals surface area contributed by atoms with Crippen molar-refractivity contribution in [3.8, 4) is 0 Å². The molecule has 0 heterocycles. The largest absolute Gasteiger partial charge is 0.744 e. The first-order chi connectivity index (χ1) is 23.4. The fourth-order valence-electron chi connectivity index (χ4n) is 8.08. The molecule has 0 bridgehead atoms. The summed E-state index contributed by atoms with van der Waals surface area (Å²) in [6.07, 6.45) is 39.0. The van der Waals surface area contributed by atoms with Gasteiger partial charge in [0.2, 0.25) is 0 Å². The standard InChI is InChI=1S/C24H51N.C18H27O3PS/c1-4-7-10-13-16-19-22-25(23-20-17-14-11-8-5-2)24-21-18-15-12-9-6-3;19-23(20,21)18-13-7-12-17(14-18)22(15-8-3-1-4-9-15)16-10-5-2-6-11-16/h4-24H2,1-3H3;7,12-16H,1-6,8-11H2,(H,19,20,21). The second-order valence-electron chi connectivity index (χ2n) is 15.2. The highest BCUT2D eigenvalue weighted by Crippen LogP contribution is 2.55. The van der Waals surface area contributed by atoms with Crippen molar-refractivity contribution in [1.29, 1.82) is 0 Å². The van der Waals surface area contributed by atoms with E-state index < -0.39 is 10.1 Å². The van der Waals surface area contributed by atoms with Gasteiger partial charge in [0.25, 0.3) is 0 Å². The van der Waals surface area contributed by atoms with Gasteiger partial charge in [0, 0.05) is 0 Å². The summed E-state index contributed by atoms with van der Waals surface area (Å²) in [5.74, 6) is 0. The monoisotopic (exact) mass is 708 g/mol. The zero-order valence-electron chi connectivity index (χ0n) is 32.0. The van der Waals surface area contributed by atoms with Crippen molar-refractivity contribution in [1.82, 2.24) is 0 Å². The van der Waals surface area contributed by atoms with Crippen LogP contribution in [-0.2, 0) is 10.1 Å². The summed E-state index contributed by atoms with van der Waals surface area (Å²) >= 11 is 0. The van der Waals surface area contributed by atoms with E-state index in [4.69, 9.17) is 0 Å². The molecule has 2 fully saturated rings. The molecule has 0 saturated heterocycles. The maximum atomic E-state index is 11.4. The van der Waals surface area contributed by atoms with Crippen molar-refractivity contribution in [2.75, 3.05) is 19.6 Å². The summed E-state index contributed by atoms with van der Waals surface area (Å²) in [5.41, 5.74) is 1.43. The lowest BCUT2D eigenvalue weighted by Gasteiger charge is -2.39. The predicted molar refractivity (Wildman–Crippen MR) is 210 cm³/mol. The Morgan fingerprint density at radius 3 is 1.33 bits per heavy atom. The van der Waals surface area contributed by atoms with Gasteiger partial charge in [-0.15, -0.1) is 0 Å². The predicted octanol–water partition coefficient (Wildman–Crippen LogP) is 11.3. The third-order valence-electron chi connectivity index (χ3n) is 11.0. The summed E-state index contributed by atoms with van der Waals surface area (Å²) in [6, 6.07) is 6.98. The number of unbranched alkanes of at least 4 members (excludes halogenated alkanes) is 15. The van der Waals surface area contributed by atoms with Gasteiger partial charge in [0.05, 0.1) is 24.5 Å². The Hall–Kier alpha value is -0.480. The van der Waals surface area contributed by atoms with Crippen LogP contribution in [0.2, 0.25) is 0 Å². The normalized spacial score (nSPS) is 16.4. The summed E-state index contributed by atoms with van der Waals surface area (Å²) in [6.45, 7) is 11.3. The lowest BCUT2D eigenvalue weighted by Crippen LogP contribution is -3.12. The lowest BCUT2D eigenvalue weighted by molar-refractivity contribution is -0.900. The Morgan fingerprint density at radius 2 is 0.958 bits per heavy atom. The number of rotatable bonds is 25. The Bertz CT molecular complexity index is 934. The first kappa shape index (κ1) is 43.7. The molecule has 0 atom stereocenters. The lowest BCUT2D eigenvalue weighted by atomic mass is 9.99. The quantitative estimate of drug-likeness (QED) is 0.0625. The van der Waals surface area contributed by atoms with Crippen molar-refractivity contribution in [3.63, 3.8) is 0 Å². The Kier molecular flexibility index (Phi) is 25.6. The fraction of sp³-hybridized carbons (Fsp3) is 0.857. The number of hydrogen-bond acceptors (Lipinski definition) is 3. The molecule has 48 heavy (non-hydrogen) atoms. The van der Waals surface area contributed by atoms with Crippen LogP contribution in [0, 0.1) is 0 Å². The van der Waals surface area contributed by atoms with Gasteiger partial charge in [0.15, 0.2) is 0 Å². The summed E-state index contributed by atoms with van der Waals surface area (Å²) in [7, 11) is -4.72. The minimum absolute atomic E-state index is 0.0471. The zero-order valence-corrected chi connectivity index (χ0v) is 33.7. The van der Waals surface area contributed by atoms with E-state index in [0.717, 1.165) is 5.30 Å². The minimum atomic E-state index is -4.36. The molecule has 0 radical (unpaired) electrons. The van der Waals surface area contributed by atoms with E-state index in [2.05, 4.69) is 26.8 Å². The number of hydrogen-bond donors (Lipinski definition) is 1. The van der Waals surface area contributed by atoms with Crippen molar-refractivity contribution in [2.24, 2.45) is 0 Å². The summed E-state index contributed by atoms with van der Waals surface area (Å²) in [4.78, 5) is 1.87. The van der Waals surface area contributed by atoms with Crippen molar-refractivity contribution < 1.29 is 17.9 Å². The van der Waals surface area contributed by atoms with Gasteiger partial charge in [-0.05, 0) is 93.0 Å². The van der Waals surface area contributed by atoms with Crippen LogP contribution < -0.4 is 10.2 Å². The second kappa shape index (κ2) is 28.1. The molecule has 3 rings (SSSR count). The molecule has 0 spiro atoms. The van der Waals surface area contributed by atoms with Crippen LogP contribution in [0.25, 0.3) is 0 Å². The van der Waals surface area contributed by atoms with Crippen LogP contribution in [0.3, 0.4) is 0 Å². The van der Waals surface area contributed by atoms with Crippen LogP contribution in [0.1, 0.15) is 201 Å². The van der Waals surface area contributed by atoms with E-state index in [1.54, 1.807) is 12.1 Å². The van der Waals surface area contributed by atoms with Gasteiger partial charge in [-0.3, -0.25) is 0 Å². The van der Waals surface area contributed by atoms with Gasteiger partial charge in [-0.1, -0.05) is 156 Å². The van der Waals surface area contributed by atoms with Gasteiger partial charge in [-0.2, -0.15) is 0 Å². The molecular weight excluding hydrogens is 630 g/mol. The van der Waals surface area contributed by atoms with Crippen LogP contribution in [0.15, 0.2) is 29.2 Å². The molecule has 1 aromatic rings. The molecular formula is C42H78NO3PS. The Labute approximate surface area is 300 Å². The molecule has 0 aliphatic heterocycles. The molecule has 2 aliphatic rings. The highest BCUT2D eigenvalue weighted by molar-refractivity contribution is 7.85. The Morgan fingerprint density at radius 1 is 0.583 bits per heavy atom. The molecule has 280 valence electrons. The average Bonchev–Trinajstić information content (AvgIpc) is 3.10. The SMILES string of the molecule is CCCCCCCC[NH+](CCCCCCCC)CCCCCCCC.O=S(=O)([O-])c1cccc(P(C2CCCCC2)C2CCCCC2)c1. The highest BCUT2D eigenvalue weighted by Gasteiger charge is 2.32. The second-order valence-corrected chi connectivity index (χ2v) is 19.4. The number of benzene rings is 1. The van der Waals surface area contributed by atoms with E-state index in [-0.39, 0.29) is 12.8 Å². The van der Waals surface area contributed by atoms with Crippen molar-refractivity contribution in [2.45, 2.75) is 217 Å². The average molecular weight is 708 g/mol. The zero-order chi connectivity index (χ0) is 34.7. The fourth-order valence-corrected chi connectivity index (χ4v) is 12.5.